The average Bonchev–Trinajstić information content (AvgIpc) is 2.90. The van der Waals surface area contributed by atoms with Crippen LogP contribution < -0.4 is 15.8 Å². The molecule has 2 aromatic rings. The number of pyridine rings is 1. The molecule has 7 nitrogen and oxygen atoms in total. The number of hydrogen-bond donors (Lipinski definition) is 2. The molecule has 9 heteroatoms. The molecule has 0 saturated carbocycles. The molecule has 0 aromatic carbocycles. The highest BCUT2D eigenvalue weighted by Crippen LogP contribution is 2.30. The van der Waals surface area contributed by atoms with Gasteiger partial charge >= 0.3 is 0 Å². The number of methoxy groups -OCH3 is 1. The van der Waals surface area contributed by atoms with Crippen molar-refractivity contribution in [3.8, 4) is 5.88 Å². The Morgan fingerprint density at radius 3 is 2.43 bits per heavy atom. The van der Waals surface area contributed by atoms with E-state index < -0.39 is 5.54 Å². The number of nitrogens with one attached hydrogen (secondary N) is 1. The second kappa shape index (κ2) is 10.3. The molecule has 2 rings (SSSR count). The summed E-state index contributed by atoms with van der Waals surface area (Å²) in [6.07, 6.45) is 1.00. The Labute approximate surface area is 179 Å². The molecule has 0 saturated heterocycles. The van der Waals surface area contributed by atoms with Crippen molar-refractivity contribution in [3.63, 3.8) is 0 Å². The number of amides is 1. The van der Waals surface area contributed by atoms with Crippen molar-refractivity contribution in [1.82, 2.24) is 20.1 Å². The van der Waals surface area contributed by atoms with Crippen LogP contribution in [0.5, 0.6) is 5.88 Å². The van der Waals surface area contributed by atoms with E-state index in [1.54, 1.807) is 11.8 Å². The molecule has 0 spiro atoms. The SMILES string of the molecule is COc1nn(C)c2nc(C)c(CCC(=O)NC(C)(CN)C(C)C)c(C)c12.Cl.Cl. The molecule has 0 aliphatic rings. The van der Waals surface area contributed by atoms with Crippen LogP contribution in [0.2, 0.25) is 0 Å². The first-order valence-electron chi connectivity index (χ1n) is 9.02. The zero-order valence-electron chi connectivity index (χ0n) is 17.8. The molecule has 28 heavy (non-hydrogen) atoms. The third kappa shape index (κ3) is 5.07. The second-order valence-electron chi connectivity index (χ2n) is 7.46. The molecule has 1 atom stereocenters. The minimum absolute atomic E-state index is 0. The van der Waals surface area contributed by atoms with Crippen LogP contribution in [0.25, 0.3) is 11.0 Å². The summed E-state index contributed by atoms with van der Waals surface area (Å²) in [6, 6.07) is 0. The summed E-state index contributed by atoms with van der Waals surface area (Å²) in [6.45, 7) is 10.5. The topological polar surface area (TPSA) is 95.1 Å². The molecule has 3 N–H and O–H groups in total. The van der Waals surface area contributed by atoms with Crippen molar-refractivity contribution in [2.24, 2.45) is 18.7 Å². The Balaban J connectivity index is 0.00000364. The highest BCUT2D eigenvalue weighted by molar-refractivity contribution is 5.86. The van der Waals surface area contributed by atoms with Crippen molar-refractivity contribution in [3.05, 3.63) is 16.8 Å². The fourth-order valence-electron chi connectivity index (χ4n) is 3.16. The number of rotatable bonds is 7. The highest BCUT2D eigenvalue weighted by atomic mass is 35.5. The van der Waals surface area contributed by atoms with E-state index >= 15 is 0 Å². The monoisotopic (exact) mass is 433 g/mol. The van der Waals surface area contributed by atoms with Crippen LogP contribution in [0.4, 0.5) is 0 Å². The molecule has 1 amide bonds. The summed E-state index contributed by atoms with van der Waals surface area (Å²) in [5.74, 6) is 0.829. The van der Waals surface area contributed by atoms with Gasteiger partial charge < -0.3 is 15.8 Å². The molecule has 2 heterocycles. The summed E-state index contributed by atoms with van der Waals surface area (Å²) >= 11 is 0. The van der Waals surface area contributed by atoms with Crippen LogP contribution >= 0.6 is 24.8 Å². The molecule has 0 bridgehead atoms. The van der Waals surface area contributed by atoms with Gasteiger partial charge in [0.05, 0.1) is 18.0 Å². The zero-order chi connectivity index (χ0) is 19.6. The maximum atomic E-state index is 12.5. The molecule has 0 aliphatic heterocycles. The van der Waals surface area contributed by atoms with Gasteiger partial charge in [-0.25, -0.2) is 9.67 Å². The maximum Gasteiger partial charge on any atom is 0.242 e. The fourth-order valence-corrected chi connectivity index (χ4v) is 3.16. The fraction of sp³-hybridized carbons (Fsp3) is 0.632. The Morgan fingerprint density at radius 1 is 1.32 bits per heavy atom. The number of nitrogens with zero attached hydrogens (tertiary/aromatic N) is 3. The Bertz CT molecular complexity index is 822. The minimum atomic E-state index is -0.393. The lowest BCUT2D eigenvalue weighted by atomic mass is 9.88. The Hall–Kier alpha value is -1.57. The van der Waals surface area contributed by atoms with Gasteiger partial charge in [-0.15, -0.1) is 29.9 Å². The van der Waals surface area contributed by atoms with Crippen molar-refractivity contribution >= 4 is 41.8 Å². The number of nitrogens with two attached hydrogens (primary N) is 1. The molecular formula is C19H33Cl2N5O2. The Kier molecular flexibility index (Phi) is 9.70. The molecule has 160 valence electrons. The smallest absolute Gasteiger partial charge is 0.242 e. The second-order valence-corrected chi connectivity index (χ2v) is 7.46. The summed E-state index contributed by atoms with van der Waals surface area (Å²) < 4.78 is 7.11. The largest absolute Gasteiger partial charge is 0.479 e. The summed E-state index contributed by atoms with van der Waals surface area (Å²) in [5, 5.41) is 8.36. The van der Waals surface area contributed by atoms with Gasteiger partial charge in [-0.2, -0.15) is 0 Å². The first kappa shape index (κ1) is 26.4. The highest BCUT2D eigenvalue weighted by Gasteiger charge is 2.28. The van der Waals surface area contributed by atoms with Gasteiger partial charge in [-0.05, 0) is 44.2 Å². The van der Waals surface area contributed by atoms with Crippen molar-refractivity contribution in [2.75, 3.05) is 13.7 Å². The molecule has 1 unspecified atom stereocenters. The Morgan fingerprint density at radius 2 is 1.93 bits per heavy atom. The van der Waals surface area contributed by atoms with Gasteiger partial charge in [0.1, 0.15) is 0 Å². The average molecular weight is 434 g/mol. The predicted octanol–water partition coefficient (Wildman–Crippen LogP) is 2.86. The molecular weight excluding hydrogens is 401 g/mol. The normalized spacial score (nSPS) is 12.9. The third-order valence-corrected chi connectivity index (χ3v) is 5.44. The third-order valence-electron chi connectivity index (χ3n) is 5.44. The number of aromatic nitrogens is 3. The van der Waals surface area contributed by atoms with Crippen LogP contribution in [0.3, 0.4) is 0 Å². The van der Waals surface area contributed by atoms with E-state index in [0.29, 0.717) is 25.3 Å². The molecule has 0 radical (unpaired) electrons. The first-order valence-corrected chi connectivity index (χ1v) is 9.02. The number of fused-ring (bicyclic) bond motifs is 1. The lowest BCUT2D eigenvalue weighted by molar-refractivity contribution is -0.123. The van der Waals surface area contributed by atoms with E-state index in [9.17, 15) is 4.79 Å². The number of aryl methyl sites for hydroxylation is 3. The summed E-state index contributed by atoms with van der Waals surface area (Å²) in [5.41, 5.74) is 9.31. The van der Waals surface area contributed by atoms with Gasteiger partial charge in [0.15, 0.2) is 5.65 Å². The van der Waals surface area contributed by atoms with E-state index in [2.05, 4.69) is 29.2 Å². The van der Waals surface area contributed by atoms with E-state index in [1.165, 1.54) is 0 Å². The zero-order valence-corrected chi connectivity index (χ0v) is 19.4. The number of ether oxygens (including phenoxy) is 1. The molecule has 2 aromatic heterocycles. The van der Waals surface area contributed by atoms with Crippen LogP contribution in [0.1, 0.15) is 44.0 Å². The minimum Gasteiger partial charge on any atom is -0.479 e. The van der Waals surface area contributed by atoms with Crippen LogP contribution in [-0.2, 0) is 18.3 Å². The van der Waals surface area contributed by atoms with E-state index in [4.69, 9.17) is 10.5 Å². The summed E-state index contributed by atoms with van der Waals surface area (Å²) in [4.78, 5) is 17.2. The van der Waals surface area contributed by atoms with Gasteiger partial charge in [0.25, 0.3) is 0 Å². The lowest BCUT2D eigenvalue weighted by Crippen LogP contribution is -2.55. The van der Waals surface area contributed by atoms with E-state index in [1.807, 2.05) is 27.8 Å². The lowest BCUT2D eigenvalue weighted by Gasteiger charge is -2.33. The van der Waals surface area contributed by atoms with Crippen molar-refractivity contribution in [2.45, 2.75) is 53.0 Å². The van der Waals surface area contributed by atoms with E-state index in [0.717, 1.165) is 27.9 Å². The maximum absolute atomic E-state index is 12.5. The van der Waals surface area contributed by atoms with E-state index in [-0.39, 0.29) is 36.6 Å². The number of hydrogen-bond acceptors (Lipinski definition) is 5. The van der Waals surface area contributed by atoms with Crippen LogP contribution in [-0.4, -0.2) is 39.9 Å². The van der Waals surface area contributed by atoms with Crippen molar-refractivity contribution in [1.29, 1.82) is 0 Å². The van der Waals surface area contributed by atoms with Crippen LogP contribution in [0.15, 0.2) is 0 Å². The van der Waals surface area contributed by atoms with Crippen molar-refractivity contribution < 1.29 is 9.53 Å². The van der Waals surface area contributed by atoms with Gasteiger partial charge in [0.2, 0.25) is 11.8 Å². The standard InChI is InChI=1S/C19H31N5O2.2ClH/c1-11(2)19(5,10-20)22-15(25)9-8-14-12(3)16-17(21-13(14)4)24(6)23-18(16)26-7;;/h11H,8-10,20H2,1-7H3,(H,22,25);2*1H. The predicted molar refractivity (Wildman–Crippen MR) is 118 cm³/mol. The molecule has 0 aliphatic carbocycles. The number of carbonyl (C=O) groups excluding carboxylic acids is 1. The quantitative estimate of drug-likeness (QED) is 0.699. The number of halogens is 2. The van der Waals surface area contributed by atoms with Gasteiger partial charge in [-0.1, -0.05) is 13.8 Å². The number of carbonyl (C=O) groups is 1. The van der Waals surface area contributed by atoms with Gasteiger partial charge in [-0.3, -0.25) is 4.79 Å². The van der Waals surface area contributed by atoms with Crippen LogP contribution in [0, 0.1) is 19.8 Å². The summed E-state index contributed by atoms with van der Waals surface area (Å²) in [7, 11) is 3.46. The van der Waals surface area contributed by atoms with Gasteiger partial charge in [0, 0.05) is 25.7 Å². The molecule has 0 fully saturated rings. The first-order chi connectivity index (χ1) is 12.1.